The van der Waals surface area contributed by atoms with E-state index >= 15 is 0 Å². The Kier molecular flexibility index (Phi) is 5.01. The second kappa shape index (κ2) is 5.99. The summed E-state index contributed by atoms with van der Waals surface area (Å²) in [6.07, 6.45) is -3.38. The summed E-state index contributed by atoms with van der Waals surface area (Å²) in [5, 5.41) is -0.541. The van der Waals surface area contributed by atoms with Gasteiger partial charge in [-0.25, -0.2) is 8.42 Å². The van der Waals surface area contributed by atoms with E-state index in [4.69, 9.17) is 0 Å². The van der Waals surface area contributed by atoms with E-state index in [1.54, 1.807) is 0 Å². The van der Waals surface area contributed by atoms with Crippen LogP contribution in [-0.4, -0.2) is 24.0 Å². The molecule has 0 unspecified atom stereocenters. The van der Waals surface area contributed by atoms with Crippen molar-refractivity contribution in [3.8, 4) is 0 Å². The van der Waals surface area contributed by atoms with Gasteiger partial charge in [0, 0.05) is 12.7 Å². The number of alkyl halides is 3. The highest BCUT2D eigenvalue weighted by atomic mass is 32.2. The molecule has 4 nitrogen and oxygen atoms in total. The summed E-state index contributed by atoms with van der Waals surface area (Å²) >= 11 is 0. The molecule has 0 bridgehead atoms. The Hall–Kier alpha value is -1.31. The van der Waals surface area contributed by atoms with Crippen LogP contribution in [0.4, 0.5) is 13.2 Å². The molecule has 1 heterocycles. The SMILES string of the molecule is CC(C)S(=O)(=O)CCCn1cccc(C(F)(F)F)c1=O. The van der Waals surface area contributed by atoms with Gasteiger partial charge >= 0.3 is 6.18 Å². The van der Waals surface area contributed by atoms with Gasteiger partial charge in [-0.1, -0.05) is 0 Å². The molecule has 1 rings (SSSR count). The fourth-order valence-electron chi connectivity index (χ4n) is 1.60. The Morgan fingerprint density at radius 2 is 1.90 bits per heavy atom. The quantitative estimate of drug-likeness (QED) is 0.836. The Bertz CT molecular complexity index is 618. The molecule has 1 aromatic heterocycles. The lowest BCUT2D eigenvalue weighted by Gasteiger charge is -2.11. The summed E-state index contributed by atoms with van der Waals surface area (Å²) in [7, 11) is -3.26. The summed E-state index contributed by atoms with van der Waals surface area (Å²) in [4.78, 5) is 11.6. The Morgan fingerprint density at radius 1 is 1.30 bits per heavy atom. The molecule has 0 aliphatic rings. The number of aryl methyl sites for hydroxylation is 1. The molecule has 0 amide bonds. The molecular formula is C12H16F3NO3S. The smallest absolute Gasteiger partial charge is 0.315 e. The number of pyridine rings is 1. The Balaban J connectivity index is 2.84. The highest BCUT2D eigenvalue weighted by molar-refractivity contribution is 7.91. The summed E-state index contributed by atoms with van der Waals surface area (Å²) in [5.74, 6) is -0.159. The van der Waals surface area contributed by atoms with Gasteiger partial charge in [0.2, 0.25) is 0 Å². The monoisotopic (exact) mass is 311 g/mol. The Morgan fingerprint density at radius 3 is 2.40 bits per heavy atom. The lowest BCUT2D eigenvalue weighted by Crippen LogP contribution is -2.29. The molecule has 0 saturated heterocycles. The van der Waals surface area contributed by atoms with E-state index in [0.29, 0.717) is 6.07 Å². The van der Waals surface area contributed by atoms with Crippen molar-refractivity contribution in [2.45, 2.75) is 38.2 Å². The van der Waals surface area contributed by atoms with E-state index in [-0.39, 0.29) is 18.7 Å². The van der Waals surface area contributed by atoms with Crippen LogP contribution in [0.5, 0.6) is 0 Å². The zero-order valence-corrected chi connectivity index (χ0v) is 12.0. The maximum absolute atomic E-state index is 12.5. The minimum Gasteiger partial charge on any atom is -0.315 e. The number of aromatic nitrogens is 1. The second-order valence-corrected chi connectivity index (χ2v) is 7.36. The van der Waals surface area contributed by atoms with Gasteiger partial charge in [-0.15, -0.1) is 0 Å². The van der Waals surface area contributed by atoms with Gasteiger partial charge in [0.15, 0.2) is 9.84 Å². The number of halogens is 3. The molecule has 0 N–H and O–H groups in total. The van der Waals surface area contributed by atoms with E-state index in [0.717, 1.165) is 10.6 Å². The maximum atomic E-state index is 12.5. The fraction of sp³-hybridized carbons (Fsp3) is 0.583. The van der Waals surface area contributed by atoms with Crippen LogP contribution in [0.25, 0.3) is 0 Å². The maximum Gasteiger partial charge on any atom is 0.421 e. The van der Waals surface area contributed by atoms with Crippen molar-refractivity contribution in [3.05, 3.63) is 34.2 Å². The van der Waals surface area contributed by atoms with E-state index in [1.165, 1.54) is 20.0 Å². The zero-order chi connectivity index (χ0) is 15.6. The summed E-state index contributed by atoms with van der Waals surface area (Å²) in [6, 6.07) is 1.84. The summed E-state index contributed by atoms with van der Waals surface area (Å²) in [6.45, 7) is 3.01. The van der Waals surface area contributed by atoms with Crippen LogP contribution >= 0.6 is 0 Å². The fourth-order valence-corrected chi connectivity index (χ4v) is 2.60. The standard InChI is InChI=1S/C12H16F3NO3S/c1-9(2)20(18,19)8-4-7-16-6-3-5-10(11(16)17)12(13,14)15/h3,5-6,9H,4,7-8H2,1-2H3. The molecule has 0 atom stereocenters. The average Bonchev–Trinajstić information content (AvgIpc) is 2.29. The van der Waals surface area contributed by atoms with E-state index in [1.807, 2.05) is 0 Å². The van der Waals surface area contributed by atoms with Crippen molar-refractivity contribution >= 4 is 9.84 Å². The summed E-state index contributed by atoms with van der Waals surface area (Å²) < 4.78 is 61.6. The number of hydrogen-bond acceptors (Lipinski definition) is 3. The lowest BCUT2D eigenvalue weighted by molar-refractivity contribution is -0.139. The third kappa shape index (κ3) is 4.09. The lowest BCUT2D eigenvalue weighted by atomic mass is 10.2. The number of nitrogens with zero attached hydrogens (tertiary/aromatic N) is 1. The largest absolute Gasteiger partial charge is 0.421 e. The first-order valence-corrected chi connectivity index (χ1v) is 7.75. The predicted octanol–water partition coefficient (Wildman–Crippen LogP) is 2.08. The minimum absolute atomic E-state index is 0.0608. The molecule has 0 aromatic carbocycles. The molecule has 0 saturated carbocycles. The van der Waals surface area contributed by atoms with Gasteiger partial charge < -0.3 is 4.57 Å². The number of sulfone groups is 1. The van der Waals surface area contributed by atoms with Crippen LogP contribution in [0.3, 0.4) is 0 Å². The van der Waals surface area contributed by atoms with E-state index in [9.17, 15) is 26.4 Å². The predicted molar refractivity (Wildman–Crippen MR) is 69.2 cm³/mol. The third-order valence-corrected chi connectivity index (χ3v) is 5.17. The van der Waals surface area contributed by atoms with Crippen LogP contribution in [0.2, 0.25) is 0 Å². The first kappa shape index (κ1) is 16.7. The Labute approximate surface area is 115 Å². The van der Waals surface area contributed by atoms with Crippen molar-refractivity contribution < 1.29 is 21.6 Å². The van der Waals surface area contributed by atoms with Crippen molar-refractivity contribution in [3.63, 3.8) is 0 Å². The van der Waals surface area contributed by atoms with E-state index < -0.39 is 32.4 Å². The number of hydrogen-bond donors (Lipinski definition) is 0. The van der Waals surface area contributed by atoms with Gasteiger partial charge in [0.25, 0.3) is 5.56 Å². The minimum atomic E-state index is -4.70. The van der Waals surface area contributed by atoms with Crippen LogP contribution in [0.15, 0.2) is 23.1 Å². The van der Waals surface area contributed by atoms with Crippen molar-refractivity contribution in [1.29, 1.82) is 0 Å². The normalized spacial score (nSPS) is 12.9. The molecule has 114 valence electrons. The van der Waals surface area contributed by atoms with Gasteiger partial charge in [0.05, 0.1) is 11.0 Å². The highest BCUT2D eigenvalue weighted by Gasteiger charge is 2.34. The van der Waals surface area contributed by atoms with Crippen molar-refractivity contribution in [1.82, 2.24) is 4.57 Å². The van der Waals surface area contributed by atoms with Gasteiger partial charge in [0.1, 0.15) is 5.56 Å². The molecule has 1 aromatic rings. The van der Waals surface area contributed by atoms with Gasteiger partial charge in [-0.05, 0) is 32.4 Å². The average molecular weight is 311 g/mol. The molecule has 0 spiro atoms. The molecular weight excluding hydrogens is 295 g/mol. The van der Waals surface area contributed by atoms with Crippen LogP contribution in [0, 0.1) is 0 Å². The van der Waals surface area contributed by atoms with Crippen LogP contribution in [0.1, 0.15) is 25.8 Å². The van der Waals surface area contributed by atoms with Gasteiger partial charge in [-0.3, -0.25) is 4.79 Å². The van der Waals surface area contributed by atoms with Crippen molar-refractivity contribution in [2.24, 2.45) is 0 Å². The third-order valence-electron chi connectivity index (χ3n) is 2.87. The molecule has 0 aliphatic carbocycles. The first-order chi connectivity index (χ1) is 9.05. The molecule has 0 fully saturated rings. The zero-order valence-electron chi connectivity index (χ0n) is 11.1. The molecule has 20 heavy (non-hydrogen) atoms. The summed E-state index contributed by atoms with van der Waals surface area (Å²) in [5.41, 5.74) is -2.39. The van der Waals surface area contributed by atoms with E-state index in [2.05, 4.69) is 0 Å². The first-order valence-electron chi connectivity index (χ1n) is 6.04. The topological polar surface area (TPSA) is 56.1 Å². The number of rotatable bonds is 5. The van der Waals surface area contributed by atoms with Crippen LogP contribution < -0.4 is 5.56 Å². The second-order valence-electron chi connectivity index (χ2n) is 4.69. The van der Waals surface area contributed by atoms with Gasteiger partial charge in [-0.2, -0.15) is 13.2 Å². The molecule has 0 radical (unpaired) electrons. The molecule has 0 aliphatic heterocycles. The highest BCUT2D eigenvalue weighted by Crippen LogP contribution is 2.25. The molecule has 8 heteroatoms. The van der Waals surface area contributed by atoms with Crippen LogP contribution in [-0.2, 0) is 22.6 Å². The van der Waals surface area contributed by atoms with Crippen molar-refractivity contribution in [2.75, 3.05) is 5.75 Å².